The van der Waals surface area contributed by atoms with Crippen LogP contribution >= 0.6 is 11.8 Å². The lowest BCUT2D eigenvalue weighted by Crippen LogP contribution is -2.30. The maximum absolute atomic E-state index is 4.33. The van der Waals surface area contributed by atoms with Gasteiger partial charge in [-0.3, -0.25) is 0 Å². The van der Waals surface area contributed by atoms with E-state index in [9.17, 15) is 0 Å². The van der Waals surface area contributed by atoms with Crippen LogP contribution in [0.25, 0.3) is 0 Å². The minimum atomic E-state index is 0.548. The molecule has 0 spiro atoms. The van der Waals surface area contributed by atoms with Crippen molar-refractivity contribution in [3.63, 3.8) is 0 Å². The molecule has 0 aromatic carbocycles. The van der Waals surface area contributed by atoms with Crippen LogP contribution < -0.4 is 5.32 Å². The van der Waals surface area contributed by atoms with E-state index in [4.69, 9.17) is 0 Å². The number of thioether (sulfide) groups is 1. The molecule has 15 heavy (non-hydrogen) atoms. The molecule has 1 aromatic heterocycles. The van der Waals surface area contributed by atoms with Gasteiger partial charge in [0.25, 0.3) is 0 Å². The highest BCUT2D eigenvalue weighted by molar-refractivity contribution is 7.98. The Morgan fingerprint density at radius 3 is 3.00 bits per heavy atom. The van der Waals surface area contributed by atoms with Gasteiger partial charge in [-0.1, -0.05) is 11.8 Å². The zero-order valence-corrected chi connectivity index (χ0v) is 10.2. The van der Waals surface area contributed by atoms with Gasteiger partial charge in [0, 0.05) is 19.0 Å². The Kier molecular flexibility index (Phi) is 3.64. The molecule has 1 N–H and O–H groups in total. The quantitative estimate of drug-likeness (QED) is 0.793. The summed E-state index contributed by atoms with van der Waals surface area (Å²) < 4.78 is 2.24. The lowest BCUT2D eigenvalue weighted by Gasteiger charge is -2.22. The maximum Gasteiger partial charge on any atom is 0.190 e. The highest BCUT2D eigenvalue weighted by Gasteiger charge is 2.21. The second kappa shape index (κ2) is 4.99. The van der Waals surface area contributed by atoms with E-state index in [0.29, 0.717) is 5.92 Å². The van der Waals surface area contributed by atoms with Crippen LogP contribution in [0.5, 0.6) is 0 Å². The van der Waals surface area contributed by atoms with E-state index in [1.165, 1.54) is 12.8 Å². The van der Waals surface area contributed by atoms with Gasteiger partial charge in [-0.25, -0.2) is 0 Å². The molecule has 0 amide bonds. The lowest BCUT2D eigenvalue weighted by molar-refractivity contribution is 0.430. The van der Waals surface area contributed by atoms with Gasteiger partial charge in [-0.15, -0.1) is 10.2 Å². The Balaban J connectivity index is 2.22. The zero-order chi connectivity index (χ0) is 10.7. The number of aromatic nitrogens is 3. The molecular weight excluding hydrogens is 208 g/mol. The highest BCUT2D eigenvalue weighted by Crippen LogP contribution is 2.24. The smallest absolute Gasteiger partial charge is 0.190 e. The molecule has 1 aromatic rings. The highest BCUT2D eigenvalue weighted by atomic mass is 32.2. The van der Waals surface area contributed by atoms with Gasteiger partial charge in [0.05, 0.1) is 0 Å². The average Bonchev–Trinajstić information content (AvgIpc) is 2.72. The first-order valence-corrected chi connectivity index (χ1v) is 6.77. The summed E-state index contributed by atoms with van der Waals surface area (Å²) in [5, 5.41) is 13.0. The van der Waals surface area contributed by atoms with E-state index < -0.39 is 0 Å². The van der Waals surface area contributed by atoms with Gasteiger partial charge < -0.3 is 9.88 Å². The number of nitrogens with one attached hydrogen (secondary N) is 1. The Morgan fingerprint density at radius 1 is 1.53 bits per heavy atom. The van der Waals surface area contributed by atoms with Gasteiger partial charge in [0.2, 0.25) is 0 Å². The summed E-state index contributed by atoms with van der Waals surface area (Å²) in [6.07, 6.45) is 4.54. The molecule has 0 saturated carbocycles. The summed E-state index contributed by atoms with van der Waals surface area (Å²) in [6, 6.07) is 0. The average molecular weight is 226 g/mol. The molecule has 4 nitrogen and oxygen atoms in total. The van der Waals surface area contributed by atoms with E-state index >= 15 is 0 Å². The lowest BCUT2D eigenvalue weighted by atomic mass is 9.99. The van der Waals surface area contributed by atoms with Crippen molar-refractivity contribution in [2.75, 3.05) is 19.3 Å². The Hall–Kier alpha value is -0.550. The summed E-state index contributed by atoms with van der Waals surface area (Å²) in [5.74, 6) is 1.71. The van der Waals surface area contributed by atoms with E-state index in [0.717, 1.165) is 30.6 Å². The molecule has 0 unspecified atom stereocenters. The fraction of sp³-hybridized carbons (Fsp3) is 0.800. The zero-order valence-electron chi connectivity index (χ0n) is 9.36. The van der Waals surface area contributed by atoms with E-state index in [2.05, 4.69) is 33.3 Å². The van der Waals surface area contributed by atoms with Crippen molar-refractivity contribution in [1.29, 1.82) is 0 Å². The van der Waals surface area contributed by atoms with Crippen molar-refractivity contribution in [3.05, 3.63) is 5.82 Å². The van der Waals surface area contributed by atoms with E-state index in [-0.39, 0.29) is 0 Å². The van der Waals surface area contributed by atoms with Gasteiger partial charge in [0.1, 0.15) is 5.82 Å². The molecule has 2 heterocycles. The predicted molar refractivity (Wildman–Crippen MR) is 62.3 cm³/mol. The molecule has 84 valence electrons. The van der Waals surface area contributed by atoms with Crippen molar-refractivity contribution in [1.82, 2.24) is 20.1 Å². The van der Waals surface area contributed by atoms with Crippen LogP contribution in [-0.2, 0) is 6.54 Å². The summed E-state index contributed by atoms with van der Waals surface area (Å²) in [4.78, 5) is 0. The molecule has 1 atom stereocenters. The third kappa shape index (κ3) is 2.18. The number of hydrogen-bond acceptors (Lipinski definition) is 4. The molecule has 1 fully saturated rings. The van der Waals surface area contributed by atoms with E-state index in [1.54, 1.807) is 11.8 Å². The van der Waals surface area contributed by atoms with Crippen LogP contribution in [0.1, 0.15) is 31.5 Å². The molecule has 5 heteroatoms. The molecule has 0 radical (unpaired) electrons. The van der Waals surface area contributed by atoms with Crippen molar-refractivity contribution in [2.45, 2.75) is 37.4 Å². The minimum Gasteiger partial charge on any atom is -0.316 e. The van der Waals surface area contributed by atoms with Crippen LogP contribution in [0.2, 0.25) is 0 Å². The second-order valence-electron chi connectivity index (χ2n) is 3.83. The number of piperidine rings is 1. The normalized spacial score (nSPS) is 21.9. The van der Waals surface area contributed by atoms with Crippen molar-refractivity contribution >= 4 is 11.8 Å². The Bertz CT molecular complexity index is 317. The fourth-order valence-corrected chi connectivity index (χ4v) is 2.69. The minimum absolute atomic E-state index is 0.548. The van der Waals surface area contributed by atoms with Gasteiger partial charge in [0.15, 0.2) is 5.16 Å². The van der Waals surface area contributed by atoms with Crippen LogP contribution in [-0.4, -0.2) is 34.1 Å². The summed E-state index contributed by atoms with van der Waals surface area (Å²) in [7, 11) is 0. The largest absolute Gasteiger partial charge is 0.316 e. The number of nitrogens with zero attached hydrogens (tertiary/aromatic N) is 3. The van der Waals surface area contributed by atoms with Crippen molar-refractivity contribution in [3.8, 4) is 0 Å². The first-order chi connectivity index (χ1) is 7.36. The van der Waals surface area contributed by atoms with Gasteiger partial charge >= 0.3 is 0 Å². The van der Waals surface area contributed by atoms with E-state index in [1.807, 2.05) is 0 Å². The summed E-state index contributed by atoms with van der Waals surface area (Å²) in [5.41, 5.74) is 0. The first kappa shape index (κ1) is 11.0. The molecular formula is C10H18N4S. The number of rotatable bonds is 3. The predicted octanol–water partition coefficient (Wildman–Crippen LogP) is 1.49. The van der Waals surface area contributed by atoms with Crippen LogP contribution in [0.3, 0.4) is 0 Å². The van der Waals surface area contributed by atoms with Gasteiger partial charge in [-0.05, 0) is 32.6 Å². The summed E-state index contributed by atoms with van der Waals surface area (Å²) in [6.45, 7) is 5.32. The molecule has 1 aliphatic heterocycles. The topological polar surface area (TPSA) is 42.7 Å². The molecule has 1 saturated heterocycles. The molecule has 1 aliphatic rings. The maximum atomic E-state index is 4.33. The Labute approximate surface area is 94.8 Å². The van der Waals surface area contributed by atoms with Crippen molar-refractivity contribution < 1.29 is 0 Å². The monoisotopic (exact) mass is 226 g/mol. The van der Waals surface area contributed by atoms with Crippen molar-refractivity contribution in [2.24, 2.45) is 0 Å². The third-order valence-corrected chi connectivity index (χ3v) is 3.57. The first-order valence-electron chi connectivity index (χ1n) is 5.54. The van der Waals surface area contributed by atoms with Gasteiger partial charge in [-0.2, -0.15) is 0 Å². The SMILES string of the molecule is CCn1c(SC)nnc1[C@H]1CCCNC1. The molecule has 2 rings (SSSR count). The Morgan fingerprint density at radius 2 is 2.40 bits per heavy atom. The third-order valence-electron chi connectivity index (χ3n) is 2.91. The second-order valence-corrected chi connectivity index (χ2v) is 4.61. The van der Waals surface area contributed by atoms with Crippen LogP contribution in [0, 0.1) is 0 Å². The number of hydrogen-bond donors (Lipinski definition) is 1. The standard InChI is InChI=1S/C10H18N4S/c1-3-14-9(12-13-10(14)15-2)8-5-4-6-11-7-8/h8,11H,3-7H2,1-2H3/t8-/m0/s1. The molecule has 0 aliphatic carbocycles. The van der Waals surface area contributed by atoms with Crippen LogP contribution in [0.4, 0.5) is 0 Å². The molecule has 0 bridgehead atoms. The summed E-state index contributed by atoms with van der Waals surface area (Å²) >= 11 is 1.67. The van der Waals surface area contributed by atoms with Crippen LogP contribution in [0.15, 0.2) is 5.16 Å². The fourth-order valence-electron chi connectivity index (χ4n) is 2.12.